The number of carbonyl (C=O) groups excluding carboxylic acids is 1. The number of carbonyl (C=O) groups is 1. The fraction of sp³-hybridized carbons (Fsp3) is 0.174. The third kappa shape index (κ3) is 4.02. The number of aromatic nitrogens is 3. The largest absolute Gasteiger partial charge is 0.337 e. The molecule has 0 fully saturated rings. The number of benzene rings is 2. The van der Waals surface area contributed by atoms with Crippen molar-refractivity contribution >= 4 is 17.2 Å². The molecule has 0 aliphatic carbocycles. The van der Waals surface area contributed by atoms with Gasteiger partial charge >= 0.3 is 0 Å². The van der Waals surface area contributed by atoms with Crippen LogP contribution in [0.25, 0.3) is 10.6 Å². The Labute approximate surface area is 178 Å². The third-order valence-electron chi connectivity index (χ3n) is 4.94. The van der Waals surface area contributed by atoms with Gasteiger partial charge in [0.1, 0.15) is 28.4 Å². The van der Waals surface area contributed by atoms with Crippen LogP contribution in [0.2, 0.25) is 0 Å². The number of amides is 1. The first-order valence-corrected chi connectivity index (χ1v) is 10.4. The van der Waals surface area contributed by atoms with E-state index < -0.39 is 6.04 Å². The van der Waals surface area contributed by atoms with Crippen molar-refractivity contribution in [3.63, 3.8) is 0 Å². The zero-order valence-corrected chi connectivity index (χ0v) is 17.7. The summed E-state index contributed by atoms with van der Waals surface area (Å²) < 4.78 is 15.2. The minimum absolute atomic E-state index is 0.306. The second-order valence-electron chi connectivity index (χ2n) is 7.21. The second-order valence-corrected chi connectivity index (χ2v) is 8.07. The van der Waals surface area contributed by atoms with Crippen LogP contribution < -0.4 is 5.32 Å². The van der Waals surface area contributed by atoms with Crippen LogP contribution in [0.4, 0.5) is 4.39 Å². The maximum Gasteiger partial charge on any atom is 0.271 e. The van der Waals surface area contributed by atoms with Crippen molar-refractivity contribution in [2.75, 3.05) is 0 Å². The molecule has 5 nitrogen and oxygen atoms in total. The zero-order valence-electron chi connectivity index (χ0n) is 16.9. The summed E-state index contributed by atoms with van der Waals surface area (Å²) in [5, 5.41) is 5.55. The highest BCUT2D eigenvalue weighted by molar-refractivity contribution is 7.13. The van der Waals surface area contributed by atoms with Gasteiger partial charge in [-0.3, -0.25) is 4.79 Å². The van der Waals surface area contributed by atoms with Crippen molar-refractivity contribution in [1.82, 2.24) is 19.9 Å². The molecule has 0 spiro atoms. The van der Waals surface area contributed by atoms with Crippen LogP contribution in [-0.4, -0.2) is 20.4 Å². The van der Waals surface area contributed by atoms with E-state index in [1.54, 1.807) is 29.9 Å². The average molecular weight is 421 g/mol. The third-order valence-corrected chi connectivity index (χ3v) is 5.82. The molecule has 1 amide bonds. The van der Waals surface area contributed by atoms with Crippen LogP contribution in [0.3, 0.4) is 0 Å². The number of hydrogen-bond acceptors (Lipinski definition) is 4. The lowest BCUT2D eigenvalue weighted by Crippen LogP contribution is -2.31. The number of halogens is 1. The van der Waals surface area contributed by atoms with Crippen molar-refractivity contribution < 1.29 is 9.18 Å². The van der Waals surface area contributed by atoms with E-state index in [2.05, 4.69) is 21.4 Å². The van der Waals surface area contributed by atoms with E-state index in [9.17, 15) is 9.18 Å². The minimum atomic E-state index is -0.524. The van der Waals surface area contributed by atoms with E-state index in [1.165, 1.54) is 29.0 Å². The highest BCUT2D eigenvalue weighted by Crippen LogP contribution is 2.28. The highest BCUT2D eigenvalue weighted by Gasteiger charge is 2.23. The quantitative estimate of drug-likeness (QED) is 0.504. The maximum absolute atomic E-state index is 13.4. The Hall–Kier alpha value is -3.32. The van der Waals surface area contributed by atoms with E-state index in [0.29, 0.717) is 11.5 Å². The van der Waals surface area contributed by atoms with Gasteiger partial charge in [-0.1, -0.05) is 35.9 Å². The molecular weight excluding hydrogens is 399 g/mol. The first kappa shape index (κ1) is 20.0. The molecule has 2 heterocycles. The number of rotatable bonds is 5. The van der Waals surface area contributed by atoms with Crippen LogP contribution >= 0.6 is 11.3 Å². The Kier molecular flexibility index (Phi) is 5.46. The van der Waals surface area contributed by atoms with Crippen molar-refractivity contribution in [3.8, 4) is 10.6 Å². The Morgan fingerprint density at radius 3 is 2.60 bits per heavy atom. The van der Waals surface area contributed by atoms with Gasteiger partial charge in [-0.2, -0.15) is 0 Å². The molecular formula is C23H21FN4OS. The van der Waals surface area contributed by atoms with Crippen LogP contribution in [0, 0.1) is 19.7 Å². The number of imidazole rings is 1. The van der Waals surface area contributed by atoms with Crippen molar-refractivity contribution in [2.24, 2.45) is 7.05 Å². The van der Waals surface area contributed by atoms with E-state index >= 15 is 0 Å². The normalized spacial score (nSPS) is 12.0. The minimum Gasteiger partial charge on any atom is -0.337 e. The second kappa shape index (κ2) is 8.20. The van der Waals surface area contributed by atoms with Gasteiger partial charge in [0.15, 0.2) is 0 Å². The number of aryl methyl sites for hydroxylation is 3. The molecule has 0 radical (unpaired) electrons. The lowest BCUT2D eigenvalue weighted by Gasteiger charge is -2.18. The predicted octanol–water partition coefficient (Wildman–Crippen LogP) is 4.82. The number of nitrogens with one attached hydrogen (secondary N) is 1. The molecule has 2 aromatic heterocycles. The molecule has 1 atom stereocenters. The average Bonchev–Trinajstić information content (AvgIpc) is 3.36. The Morgan fingerprint density at radius 2 is 1.93 bits per heavy atom. The summed E-state index contributed by atoms with van der Waals surface area (Å²) in [6.45, 7) is 4.08. The smallest absolute Gasteiger partial charge is 0.271 e. The van der Waals surface area contributed by atoms with E-state index in [-0.39, 0.29) is 11.7 Å². The zero-order chi connectivity index (χ0) is 21.3. The molecule has 1 N–H and O–H groups in total. The summed E-state index contributed by atoms with van der Waals surface area (Å²) >= 11 is 1.43. The fourth-order valence-electron chi connectivity index (χ4n) is 3.37. The summed E-state index contributed by atoms with van der Waals surface area (Å²) in [5.41, 5.74) is 4.40. The Bertz CT molecular complexity index is 1200. The van der Waals surface area contributed by atoms with E-state index in [4.69, 9.17) is 0 Å². The molecule has 2 aromatic carbocycles. The van der Waals surface area contributed by atoms with Gasteiger partial charge in [0, 0.05) is 30.4 Å². The Morgan fingerprint density at radius 1 is 1.17 bits per heavy atom. The van der Waals surface area contributed by atoms with Gasteiger partial charge < -0.3 is 9.88 Å². The summed E-state index contributed by atoms with van der Waals surface area (Å²) in [4.78, 5) is 21.9. The van der Waals surface area contributed by atoms with Crippen molar-refractivity contribution in [3.05, 3.63) is 94.3 Å². The summed E-state index contributed by atoms with van der Waals surface area (Å²) in [6.07, 6.45) is 3.47. The fourth-order valence-corrected chi connectivity index (χ4v) is 4.26. The molecule has 152 valence electrons. The van der Waals surface area contributed by atoms with Crippen molar-refractivity contribution in [1.29, 1.82) is 0 Å². The summed E-state index contributed by atoms with van der Waals surface area (Å²) in [6, 6.07) is 11.7. The lowest BCUT2D eigenvalue weighted by molar-refractivity contribution is 0.0937. The molecule has 4 rings (SSSR count). The van der Waals surface area contributed by atoms with E-state index in [1.807, 2.05) is 37.6 Å². The van der Waals surface area contributed by atoms with Crippen molar-refractivity contribution in [2.45, 2.75) is 19.9 Å². The van der Waals surface area contributed by atoms with Crippen LogP contribution in [0.1, 0.15) is 39.0 Å². The molecule has 7 heteroatoms. The molecule has 0 aliphatic heterocycles. The summed E-state index contributed by atoms with van der Waals surface area (Å²) in [7, 11) is 1.85. The topological polar surface area (TPSA) is 59.8 Å². The summed E-state index contributed by atoms with van der Waals surface area (Å²) in [5.74, 6) is 0.0145. The first-order valence-electron chi connectivity index (χ1n) is 9.49. The predicted molar refractivity (Wildman–Crippen MR) is 116 cm³/mol. The molecule has 4 aromatic rings. The Balaban J connectivity index is 1.63. The van der Waals surface area contributed by atoms with Gasteiger partial charge in [0.2, 0.25) is 0 Å². The van der Waals surface area contributed by atoms with Gasteiger partial charge in [0.25, 0.3) is 5.91 Å². The molecule has 1 unspecified atom stereocenters. The van der Waals surface area contributed by atoms with Crippen LogP contribution in [0.15, 0.2) is 60.2 Å². The molecule has 0 saturated carbocycles. The van der Waals surface area contributed by atoms with Gasteiger partial charge in [0.05, 0.1) is 0 Å². The molecule has 0 bridgehead atoms. The van der Waals surface area contributed by atoms with Crippen LogP contribution in [0.5, 0.6) is 0 Å². The SMILES string of the molecule is Cc1ccc(-c2nc(C(=O)NC(c3ccc(F)cc3)c3nccn3C)cs2)c(C)c1. The van der Waals surface area contributed by atoms with E-state index in [0.717, 1.165) is 21.7 Å². The lowest BCUT2D eigenvalue weighted by atomic mass is 10.1. The molecule has 0 saturated heterocycles. The number of thiazole rings is 1. The van der Waals surface area contributed by atoms with Gasteiger partial charge in [-0.25, -0.2) is 14.4 Å². The van der Waals surface area contributed by atoms with Gasteiger partial charge in [-0.15, -0.1) is 11.3 Å². The molecule has 0 aliphatic rings. The van der Waals surface area contributed by atoms with Crippen LogP contribution in [-0.2, 0) is 7.05 Å². The maximum atomic E-state index is 13.4. The number of hydrogen-bond donors (Lipinski definition) is 1. The highest BCUT2D eigenvalue weighted by atomic mass is 32.1. The standard InChI is InChI=1S/C23H21FN4OS/c1-14-4-9-18(15(2)12-14)23-26-19(13-30-23)22(29)27-20(21-25-10-11-28(21)3)16-5-7-17(24)8-6-16/h4-13,20H,1-3H3,(H,27,29). The first-order chi connectivity index (χ1) is 14.4. The molecule has 30 heavy (non-hydrogen) atoms. The monoisotopic (exact) mass is 420 g/mol. The number of nitrogens with zero attached hydrogens (tertiary/aromatic N) is 3. The van der Waals surface area contributed by atoms with Gasteiger partial charge in [-0.05, 0) is 37.1 Å².